The Morgan fingerprint density at radius 2 is 1.80 bits per heavy atom. The highest BCUT2D eigenvalue weighted by Crippen LogP contribution is 2.24. The van der Waals surface area contributed by atoms with Gasteiger partial charge in [-0.3, -0.25) is 4.79 Å². The second-order valence-electron chi connectivity index (χ2n) is 8.45. The summed E-state index contributed by atoms with van der Waals surface area (Å²) in [5.41, 5.74) is 8.01. The Bertz CT molecular complexity index is 1180. The third-order valence-electron chi connectivity index (χ3n) is 5.83. The van der Waals surface area contributed by atoms with E-state index in [0.717, 1.165) is 5.56 Å². The molecule has 1 aliphatic rings. The molecule has 6 N–H and O–H groups in total. The third-order valence-corrected chi connectivity index (χ3v) is 5.83. The molecule has 1 fully saturated rings. The van der Waals surface area contributed by atoms with Crippen molar-refractivity contribution in [3.8, 4) is 0 Å². The van der Waals surface area contributed by atoms with Crippen LogP contribution in [0.4, 0.5) is 27.9 Å². The van der Waals surface area contributed by atoms with Crippen molar-refractivity contribution < 1.29 is 14.7 Å². The molecule has 3 amide bonds. The number of aliphatic hydroxyl groups excluding tert-OH is 1. The maximum absolute atomic E-state index is 12.5. The average molecular weight is 476 g/mol. The van der Waals surface area contributed by atoms with E-state index in [0.29, 0.717) is 43.1 Å². The summed E-state index contributed by atoms with van der Waals surface area (Å²) in [5.74, 6) is -0.0383. The number of hydrogen-bond acceptors (Lipinski definition) is 7. The van der Waals surface area contributed by atoms with Crippen LogP contribution in [-0.2, 0) is 0 Å². The first-order valence-electron chi connectivity index (χ1n) is 11.5. The highest BCUT2D eigenvalue weighted by atomic mass is 16.3. The lowest BCUT2D eigenvalue weighted by Gasteiger charge is -2.29. The smallest absolute Gasteiger partial charge is 0.321 e. The summed E-state index contributed by atoms with van der Waals surface area (Å²) < 4.78 is 0. The lowest BCUT2D eigenvalue weighted by atomic mass is 10.1. The molecule has 1 aliphatic heterocycles. The van der Waals surface area contributed by atoms with Gasteiger partial charge in [0.1, 0.15) is 5.82 Å². The molecule has 0 radical (unpaired) electrons. The van der Waals surface area contributed by atoms with Gasteiger partial charge in [0, 0.05) is 36.7 Å². The molecular formula is C25H29N7O3. The van der Waals surface area contributed by atoms with Crippen molar-refractivity contribution in [1.29, 1.82) is 0 Å². The van der Waals surface area contributed by atoms with E-state index in [1.54, 1.807) is 23.1 Å². The molecule has 10 heteroatoms. The van der Waals surface area contributed by atoms with Crippen LogP contribution in [-0.4, -0.2) is 51.1 Å². The Kier molecular flexibility index (Phi) is 7.41. The number of rotatable bonds is 7. The summed E-state index contributed by atoms with van der Waals surface area (Å²) >= 11 is 0. The third kappa shape index (κ3) is 6.24. The molecule has 182 valence electrons. The molecule has 2 aromatic carbocycles. The van der Waals surface area contributed by atoms with Crippen LogP contribution in [0.2, 0.25) is 0 Å². The number of nitrogens with one attached hydrogen (secondary N) is 3. The molecule has 0 aliphatic carbocycles. The Morgan fingerprint density at radius 3 is 2.51 bits per heavy atom. The summed E-state index contributed by atoms with van der Waals surface area (Å²) in [6.45, 7) is 2.99. The molecule has 0 bridgehead atoms. The maximum Gasteiger partial charge on any atom is 0.321 e. The lowest BCUT2D eigenvalue weighted by molar-refractivity contribution is 0.0970. The topological polar surface area (TPSA) is 146 Å². The minimum atomic E-state index is -0.630. The second kappa shape index (κ2) is 10.8. The first kappa shape index (κ1) is 24.0. The maximum atomic E-state index is 12.5. The van der Waals surface area contributed by atoms with Crippen LogP contribution in [0.5, 0.6) is 0 Å². The molecule has 4 rings (SSSR count). The number of carbonyl (C=O) groups is 2. The molecule has 35 heavy (non-hydrogen) atoms. The Labute approximate surface area is 203 Å². The Hall–Kier alpha value is -4.18. The van der Waals surface area contributed by atoms with Crippen molar-refractivity contribution in [2.45, 2.75) is 31.9 Å². The minimum Gasteiger partial charge on any atom is -0.393 e. The largest absolute Gasteiger partial charge is 0.393 e. The number of piperidine rings is 1. The summed E-state index contributed by atoms with van der Waals surface area (Å²) in [6.07, 6.45) is 2.19. The predicted molar refractivity (Wildman–Crippen MR) is 135 cm³/mol. The van der Waals surface area contributed by atoms with Gasteiger partial charge in [0.25, 0.3) is 5.91 Å². The van der Waals surface area contributed by atoms with Crippen molar-refractivity contribution >= 4 is 35.1 Å². The highest BCUT2D eigenvalue weighted by molar-refractivity contribution is 5.97. The summed E-state index contributed by atoms with van der Waals surface area (Å²) in [4.78, 5) is 34.9. The number of aliphatic hydroxyl groups is 1. The first-order valence-corrected chi connectivity index (χ1v) is 11.5. The zero-order valence-corrected chi connectivity index (χ0v) is 19.4. The number of aromatic nitrogens is 2. The fraction of sp³-hybridized carbons (Fsp3) is 0.280. The quantitative estimate of drug-likeness (QED) is 0.352. The van der Waals surface area contributed by atoms with Gasteiger partial charge in [-0.05, 0) is 43.5 Å². The number of nitrogens with two attached hydrogens (primary N) is 1. The molecule has 1 aromatic heterocycles. The molecule has 2 heterocycles. The van der Waals surface area contributed by atoms with Gasteiger partial charge in [-0.1, -0.05) is 36.4 Å². The summed E-state index contributed by atoms with van der Waals surface area (Å²) in [7, 11) is 0. The molecular weight excluding hydrogens is 446 g/mol. The zero-order chi connectivity index (χ0) is 24.8. The SMILES string of the molecule is C[C@H](Nc1nc(Nc2cccc(NC(=O)N3CCC(O)CC3)c2)ncc1C(N)=O)c1ccccc1. The van der Waals surface area contributed by atoms with Gasteiger partial charge < -0.3 is 31.7 Å². The van der Waals surface area contributed by atoms with E-state index in [-0.39, 0.29) is 29.7 Å². The van der Waals surface area contributed by atoms with Crippen molar-refractivity contribution in [1.82, 2.24) is 14.9 Å². The molecule has 0 saturated carbocycles. The number of amides is 3. The number of anilines is 4. The van der Waals surface area contributed by atoms with E-state index in [2.05, 4.69) is 25.9 Å². The van der Waals surface area contributed by atoms with Gasteiger partial charge in [-0.25, -0.2) is 9.78 Å². The number of carbonyl (C=O) groups excluding carboxylic acids is 2. The van der Waals surface area contributed by atoms with E-state index in [9.17, 15) is 14.7 Å². The predicted octanol–water partition coefficient (Wildman–Crippen LogP) is 3.48. The molecule has 3 aromatic rings. The van der Waals surface area contributed by atoms with E-state index in [1.807, 2.05) is 43.3 Å². The number of primary amides is 1. The molecule has 0 unspecified atom stereocenters. The molecule has 0 spiro atoms. The Balaban J connectivity index is 1.47. The van der Waals surface area contributed by atoms with Crippen LogP contribution in [0.15, 0.2) is 60.8 Å². The standard InChI is InChI=1S/C25H29N7O3/c1-16(17-6-3-2-4-7-17)28-23-21(22(26)34)15-27-24(31-23)29-18-8-5-9-19(14-18)30-25(35)32-12-10-20(33)11-13-32/h2-9,14-16,20,33H,10-13H2,1H3,(H2,26,34)(H,30,35)(H2,27,28,29,31)/t16-/m0/s1. The lowest BCUT2D eigenvalue weighted by Crippen LogP contribution is -2.42. The van der Waals surface area contributed by atoms with Crippen molar-refractivity contribution in [3.63, 3.8) is 0 Å². The first-order chi connectivity index (χ1) is 16.9. The van der Waals surface area contributed by atoms with E-state index in [4.69, 9.17) is 5.73 Å². The van der Waals surface area contributed by atoms with E-state index < -0.39 is 5.91 Å². The number of hydrogen-bond donors (Lipinski definition) is 5. The molecule has 10 nitrogen and oxygen atoms in total. The number of nitrogens with zero attached hydrogens (tertiary/aromatic N) is 3. The molecule has 1 saturated heterocycles. The van der Waals surface area contributed by atoms with Gasteiger partial charge in [-0.2, -0.15) is 4.98 Å². The highest BCUT2D eigenvalue weighted by Gasteiger charge is 2.21. The monoisotopic (exact) mass is 475 g/mol. The fourth-order valence-electron chi connectivity index (χ4n) is 3.84. The van der Waals surface area contributed by atoms with Crippen LogP contribution in [0.1, 0.15) is 41.7 Å². The second-order valence-corrected chi connectivity index (χ2v) is 8.45. The van der Waals surface area contributed by atoms with Crippen LogP contribution in [0.3, 0.4) is 0 Å². The number of benzene rings is 2. The van der Waals surface area contributed by atoms with Crippen molar-refractivity contribution in [2.75, 3.05) is 29.0 Å². The van der Waals surface area contributed by atoms with Gasteiger partial charge in [0.2, 0.25) is 5.95 Å². The van der Waals surface area contributed by atoms with Gasteiger partial charge in [0.15, 0.2) is 0 Å². The fourth-order valence-corrected chi connectivity index (χ4v) is 3.84. The zero-order valence-electron chi connectivity index (χ0n) is 19.4. The number of likely N-dealkylation sites (tertiary alicyclic amines) is 1. The normalized spacial score (nSPS) is 14.7. The minimum absolute atomic E-state index is 0.119. The number of urea groups is 1. The van der Waals surface area contributed by atoms with E-state index in [1.165, 1.54) is 6.20 Å². The van der Waals surface area contributed by atoms with Crippen LogP contribution in [0.25, 0.3) is 0 Å². The molecule has 1 atom stereocenters. The van der Waals surface area contributed by atoms with Gasteiger partial charge >= 0.3 is 6.03 Å². The summed E-state index contributed by atoms with van der Waals surface area (Å²) in [5, 5.41) is 18.9. The Morgan fingerprint density at radius 1 is 1.09 bits per heavy atom. The van der Waals surface area contributed by atoms with E-state index >= 15 is 0 Å². The van der Waals surface area contributed by atoms with Crippen LogP contribution in [0, 0.1) is 0 Å². The van der Waals surface area contributed by atoms with Crippen molar-refractivity contribution in [3.05, 3.63) is 71.9 Å². The van der Waals surface area contributed by atoms with Crippen molar-refractivity contribution in [2.24, 2.45) is 5.73 Å². The van der Waals surface area contributed by atoms with Gasteiger partial charge in [0.05, 0.1) is 11.7 Å². The van der Waals surface area contributed by atoms with Crippen LogP contribution < -0.4 is 21.7 Å². The van der Waals surface area contributed by atoms with Gasteiger partial charge in [-0.15, -0.1) is 0 Å². The summed E-state index contributed by atoms with van der Waals surface area (Å²) in [6, 6.07) is 16.6. The van der Waals surface area contributed by atoms with Crippen LogP contribution >= 0.6 is 0 Å². The average Bonchev–Trinajstić information content (AvgIpc) is 2.85.